The van der Waals surface area contributed by atoms with E-state index in [4.69, 9.17) is 16.0 Å². The maximum atomic E-state index is 5.86. The standard InChI is InChI=1S/C16H14ClN3O/c1-11-4-2-3-5-14(11)18-10-15-19-20-16(21-15)12-6-8-13(17)9-7-12/h2-9,18H,10H2,1H3. The number of aromatic nitrogens is 2. The first-order valence-electron chi connectivity index (χ1n) is 6.60. The highest BCUT2D eigenvalue weighted by atomic mass is 35.5. The Kier molecular flexibility index (Phi) is 3.88. The van der Waals surface area contributed by atoms with E-state index in [1.165, 1.54) is 5.56 Å². The molecule has 0 fully saturated rings. The first kappa shape index (κ1) is 13.6. The van der Waals surface area contributed by atoms with E-state index in [9.17, 15) is 0 Å². The molecule has 3 aromatic rings. The number of hydrogen-bond acceptors (Lipinski definition) is 4. The average Bonchev–Trinajstić information content (AvgIpc) is 2.96. The zero-order valence-corrected chi connectivity index (χ0v) is 12.3. The lowest BCUT2D eigenvalue weighted by Gasteiger charge is -2.06. The molecule has 2 aromatic carbocycles. The van der Waals surface area contributed by atoms with Gasteiger partial charge in [0.2, 0.25) is 11.8 Å². The molecule has 0 amide bonds. The van der Waals surface area contributed by atoms with Gasteiger partial charge in [-0.25, -0.2) is 0 Å². The SMILES string of the molecule is Cc1ccccc1NCc1nnc(-c2ccc(Cl)cc2)o1. The molecule has 0 atom stereocenters. The molecule has 4 nitrogen and oxygen atoms in total. The number of anilines is 1. The van der Waals surface area contributed by atoms with Gasteiger partial charge in [-0.3, -0.25) is 0 Å². The van der Waals surface area contributed by atoms with Crippen molar-refractivity contribution >= 4 is 17.3 Å². The topological polar surface area (TPSA) is 51.0 Å². The predicted molar refractivity (Wildman–Crippen MR) is 83.2 cm³/mol. The van der Waals surface area contributed by atoms with Crippen LogP contribution in [-0.2, 0) is 6.54 Å². The van der Waals surface area contributed by atoms with Gasteiger partial charge in [-0.05, 0) is 42.8 Å². The second kappa shape index (κ2) is 5.97. The van der Waals surface area contributed by atoms with Gasteiger partial charge in [0.25, 0.3) is 0 Å². The van der Waals surface area contributed by atoms with Crippen LogP contribution in [0.3, 0.4) is 0 Å². The molecule has 0 radical (unpaired) electrons. The second-order valence-corrected chi connectivity index (χ2v) is 5.11. The van der Waals surface area contributed by atoms with Crippen molar-refractivity contribution in [2.24, 2.45) is 0 Å². The van der Waals surface area contributed by atoms with Crippen LogP contribution in [0.2, 0.25) is 5.02 Å². The van der Waals surface area contributed by atoms with Crippen molar-refractivity contribution in [1.29, 1.82) is 0 Å². The summed E-state index contributed by atoms with van der Waals surface area (Å²) in [4.78, 5) is 0. The third-order valence-electron chi connectivity index (χ3n) is 3.13. The highest BCUT2D eigenvalue weighted by Crippen LogP contribution is 2.21. The van der Waals surface area contributed by atoms with Crippen LogP contribution in [0.5, 0.6) is 0 Å². The minimum atomic E-state index is 0.492. The molecule has 0 bridgehead atoms. The van der Waals surface area contributed by atoms with Crippen LogP contribution in [0, 0.1) is 6.92 Å². The number of nitrogens with one attached hydrogen (secondary N) is 1. The van der Waals surface area contributed by atoms with E-state index in [0.717, 1.165) is 11.3 Å². The van der Waals surface area contributed by atoms with Gasteiger partial charge in [-0.15, -0.1) is 10.2 Å². The zero-order valence-electron chi connectivity index (χ0n) is 11.5. The molecule has 1 aromatic heterocycles. The minimum absolute atomic E-state index is 0.492. The lowest BCUT2D eigenvalue weighted by molar-refractivity contribution is 0.515. The molecule has 1 N–H and O–H groups in total. The molecule has 106 valence electrons. The molecule has 0 unspecified atom stereocenters. The lowest BCUT2D eigenvalue weighted by atomic mass is 10.2. The van der Waals surface area contributed by atoms with Crippen LogP contribution in [0.25, 0.3) is 11.5 Å². The first-order chi connectivity index (χ1) is 10.2. The molecule has 1 heterocycles. The Morgan fingerprint density at radius 3 is 2.57 bits per heavy atom. The third kappa shape index (κ3) is 3.23. The smallest absolute Gasteiger partial charge is 0.247 e. The summed E-state index contributed by atoms with van der Waals surface area (Å²) in [5, 5.41) is 12.1. The van der Waals surface area contributed by atoms with Gasteiger partial charge in [0.15, 0.2) is 0 Å². The molecule has 0 aliphatic heterocycles. The Bertz CT molecular complexity index is 737. The van der Waals surface area contributed by atoms with E-state index < -0.39 is 0 Å². The monoisotopic (exact) mass is 299 g/mol. The van der Waals surface area contributed by atoms with Crippen molar-refractivity contribution in [1.82, 2.24) is 10.2 Å². The largest absolute Gasteiger partial charge is 0.419 e. The summed E-state index contributed by atoms with van der Waals surface area (Å²) in [6.45, 7) is 2.54. The first-order valence-corrected chi connectivity index (χ1v) is 6.98. The van der Waals surface area contributed by atoms with Crippen LogP contribution < -0.4 is 5.32 Å². The fraction of sp³-hybridized carbons (Fsp3) is 0.125. The van der Waals surface area contributed by atoms with E-state index in [1.807, 2.05) is 30.3 Å². The van der Waals surface area contributed by atoms with Gasteiger partial charge in [0.1, 0.15) is 0 Å². The van der Waals surface area contributed by atoms with E-state index in [2.05, 4.69) is 28.5 Å². The van der Waals surface area contributed by atoms with Crippen LogP contribution in [0.1, 0.15) is 11.5 Å². The average molecular weight is 300 g/mol. The zero-order chi connectivity index (χ0) is 14.7. The van der Waals surface area contributed by atoms with E-state index in [-0.39, 0.29) is 0 Å². The van der Waals surface area contributed by atoms with Gasteiger partial charge in [-0.2, -0.15) is 0 Å². The van der Waals surface area contributed by atoms with Crippen LogP contribution in [-0.4, -0.2) is 10.2 Å². The van der Waals surface area contributed by atoms with Crippen molar-refractivity contribution in [3.8, 4) is 11.5 Å². The summed E-state index contributed by atoms with van der Waals surface area (Å²) in [5.74, 6) is 1.04. The Morgan fingerprint density at radius 1 is 1.05 bits per heavy atom. The molecule has 0 aliphatic rings. The third-order valence-corrected chi connectivity index (χ3v) is 3.39. The van der Waals surface area contributed by atoms with Crippen LogP contribution in [0.4, 0.5) is 5.69 Å². The lowest BCUT2D eigenvalue weighted by Crippen LogP contribution is -2.00. The Hall–Kier alpha value is -2.33. The van der Waals surface area contributed by atoms with Crippen molar-refractivity contribution in [2.75, 3.05) is 5.32 Å². The number of hydrogen-bond donors (Lipinski definition) is 1. The Morgan fingerprint density at radius 2 is 1.81 bits per heavy atom. The Balaban J connectivity index is 1.71. The summed E-state index contributed by atoms with van der Waals surface area (Å²) >= 11 is 5.86. The maximum Gasteiger partial charge on any atom is 0.247 e. The van der Waals surface area contributed by atoms with Gasteiger partial charge in [0.05, 0.1) is 6.54 Å². The fourth-order valence-electron chi connectivity index (χ4n) is 1.98. The second-order valence-electron chi connectivity index (χ2n) is 4.68. The summed E-state index contributed by atoms with van der Waals surface area (Å²) in [7, 11) is 0. The van der Waals surface area contributed by atoms with Gasteiger partial charge < -0.3 is 9.73 Å². The van der Waals surface area contributed by atoms with Crippen LogP contribution in [0.15, 0.2) is 52.9 Å². The number of aryl methyl sites for hydroxylation is 1. The quantitative estimate of drug-likeness (QED) is 0.780. The molecule has 3 rings (SSSR count). The molecular formula is C16H14ClN3O. The summed E-state index contributed by atoms with van der Waals surface area (Å²) in [6.07, 6.45) is 0. The number of nitrogens with zero attached hydrogens (tertiary/aromatic N) is 2. The number of para-hydroxylation sites is 1. The molecule has 21 heavy (non-hydrogen) atoms. The summed E-state index contributed by atoms with van der Waals surface area (Å²) < 4.78 is 5.64. The highest BCUT2D eigenvalue weighted by molar-refractivity contribution is 6.30. The minimum Gasteiger partial charge on any atom is -0.419 e. The molecule has 0 saturated carbocycles. The molecule has 0 saturated heterocycles. The van der Waals surface area contributed by atoms with Crippen LogP contribution >= 0.6 is 11.6 Å². The molecular weight excluding hydrogens is 286 g/mol. The van der Waals surface area contributed by atoms with E-state index >= 15 is 0 Å². The van der Waals surface area contributed by atoms with E-state index in [0.29, 0.717) is 23.3 Å². The molecule has 0 aliphatic carbocycles. The highest BCUT2D eigenvalue weighted by Gasteiger charge is 2.08. The normalized spacial score (nSPS) is 10.6. The number of halogens is 1. The van der Waals surface area contributed by atoms with Crippen molar-refractivity contribution in [3.63, 3.8) is 0 Å². The van der Waals surface area contributed by atoms with E-state index in [1.54, 1.807) is 12.1 Å². The fourth-order valence-corrected chi connectivity index (χ4v) is 2.10. The molecule has 0 spiro atoms. The summed E-state index contributed by atoms with van der Waals surface area (Å²) in [5.41, 5.74) is 3.09. The summed E-state index contributed by atoms with van der Waals surface area (Å²) in [6, 6.07) is 15.4. The predicted octanol–water partition coefficient (Wildman–Crippen LogP) is 4.31. The van der Waals surface area contributed by atoms with Crippen molar-refractivity contribution in [3.05, 3.63) is 65.0 Å². The number of rotatable bonds is 4. The number of benzene rings is 2. The van der Waals surface area contributed by atoms with Crippen molar-refractivity contribution < 1.29 is 4.42 Å². The van der Waals surface area contributed by atoms with Crippen molar-refractivity contribution in [2.45, 2.75) is 13.5 Å². The molecule has 5 heteroatoms. The van der Waals surface area contributed by atoms with Gasteiger partial charge in [0, 0.05) is 16.3 Å². The van der Waals surface area contributed by atoms with Gasteiger partial charge >= 0.3 is 0 Å². The van der Waals surface area contributed by atoms with Gasteiger partial charge in [-0.1, -0.05) is 29.8 Å². The maximum absolute atomic E-state index is 5.86. The Labute approximate surface area is 127 Å².